The zero-order valence-electron chi connectivity index (χ0n) is 9.60. The molecule has 1 N–H and O–H groups in total. The average Bonchev–Trinajstić information content (AvgIpc) is 2.16. The zero-order chi connectivity index (χ0) is 10.1. The Morgan fingerprint density at radius 1 is 1.15 bits per heavy atom. The Morgan fingerprint density at radius 2 is 1.77 bits per heavy atom. The molecule has 0 aromatic rings. The lowest BCUT2D eigenvalue weighted by atomic mass is 9.94. The van der Waals surface area contributed by atoms with Crippen molar-refractivity contribution >= 4 is 0 Å². The second-order valence-corrected chi connectivity index (χ2v) is 3.59. The van der Waals surface area contributed by atoms with Gasteiger partial charge in [-0.05, 0) is 18.9 Å². The van der Waals surface area contributed by atoms with Gasteiger partial charge in [0.15, 0.2) is 0 Å². The van der Waals surface area contributed by atoms with Crippen molar-refractivity contribution in [3.05, 3.63) is 0 Å². The summed E-state index contributed by atoms with van der Waals surface area (Å²) in [5, 5.41) is 3.55. The van der Waals surface area contributed by atoms with E-state index in [1.54, 1.807) is 7.11 Å². The predicted molar refractivity (Wildman–Crippen MR) is 58.0 cm³/mol. The highest BCUT2D eigenvalue weighted by atomic mass is 16.5. The van der Waals surface area contributed by atoms with Crippen molar-refractivity contribution in [1.29, 1.82) is 0 Å². The van der Waals surface area contributed by atoms with E-state index in [9.17, 15) is 0 Å². The summed E-state index contributed by atoms with van der Waals surface area (Å²) in [6.45, 7) is 8.65. The Bertz CT molecular complexity index is 102. The van der Waals surface area contributed by atoms with Gasteiger partial charge in [0.2, 0.25) is 0 Å². The number of nitrogens with one attached hydrogen (secondary N) is 1. The molecule has 1 unspecified atom stereocenters. The summed E-state index contributed by atoms with van der Waals surface area (Å²) < 4.78 is 5.22. The minimum Gasteiger partial charge on any atom is -0.383 e. The molecule has 0 aromatic heterocycles. The number of hydrogen-bond acceptors (Lipinski definition) is 2. The normalized spacial score (nSPS) is 13.6. The second kappa shape index (κ2) is 8.52. The predicted octanol–water partition coefficient (Wildman–Crippen LogP) is 2.44. The van der Waals surface area contributed by atoms with Crippen LogP contribution in [0.25, 0.3) is 0 Å². The van der Waals surface area contributed by atoms with Crippen molar-refractivity contribution in [2.45, 2.75) is 46.1 Å². The molecular weight excluding hydrogens is 162 g/mol. The molecule has 0 aromatic carbocycles. The molecule has 2 nitrogen and oxygen atoms in total. The number of ether oxygens (including phenoxy) is 1. The van der Waals surface area contributed by atoms with Crippen molar-refractivity contribution in [1.82, 2.24) is 5.32 Å². The van der Waals surface area contributed by atoms with Gasteiger partial charge in [-0.2, -0.15) is 0 Å². The third-order valence-electron chi connectivity index (χ3n) is 2.62. The van der Waals surface area contributed by atoms with E-state index in [4.69, 9.17) is 4.74 Å². The molecule has 0 spiro atoms. The maximum Gasteiger partial charge on any atom is 0.0618 e. The van der Waals surface area contributed by atoms with Crippen LogP contribution in [0.5, 0.6) is 0 Å². The lowest BCUT2D eigenvalue weighted by Gasteiger charge is -2.25. The highest BCUT2D eigenvalue weighted by Crippen LogP contribution is 2.13. The molecule has 0 rings (SSSR count). The van der Waals surface area contributed by atoms with Crippen molar-refractivity contribution in [2.24, 2.45) is 5.92 Å². The molecule has 0 amide bonds. The van der Waals surface area contributed by atoms with E-state index in [1.807, 2.05) is 0 Å². The van der Waals surface area contributed by atoms with E-state index in [1.165, 1.54) is 19.3 Å². The fraction of sp³-hybridized carbons (Fsp3) is 1.00. The molecule has 80 valence electrons. The van der Waals surface area contributed by atoms with E-state index in [0.717, 1.165) is 19.1 Å². The van der Waals surface area contributed by atoms with Crippen LogP contribution in [0.1, 0.15) is 40.0 Å². The van der Waals surface area contributed by atoms with Gasteiger partial charge in [0.25, 0.3) is 0 Å². The van der Waals surface area contributed by atoms with Gasteiger partial charge in [0.05, 0.1) is 6.61 Å². The topological polar surface area (TPSA) is 21.3 Å². The van der Waals surface area contributed by atoms with Crippen molar-refractivity contribution in [3.8, 4) is 0 Å². The van der Waals surface area contributed by atoms with Crippen LogP contribution in [0.4, 0.5) is 0 Å². The van der Waals surface area contributed by atoms with Crippen LogP contribution in [0.2, 0.25) is 0 Å². The molecule has 0 heterocycles. The standard InChI is InChI=1S/C11H25NO/c1-5-8-12-11(9-13-4)10(6-2)7-3/h10-12H,5-9H2,1-4H3. The van der Waals surface area contributed by atoms with E-state index >= 15 is 0 Å². The van der Waals surface area contributed by atoms with Gasteiger partial charge in [0, 0.05) is 13.2 Å². The van der Waals surface area contributed by atoms with Crippen LogP contribution in [0.15, 0.2) is 0 Å². The van der Waals surface area contributed by atoms with Crippen molar-refractivity contribution in [2.75, 3.05) is 20.3 Å². The molecule has 13 heavy (non-hydrogen) atoms. The Labute approximate surface area is 83.1 Å². The molecule has 0 saturated heterocycles. The van der Waals surface area contributed by atoms with E-state index < -0.39 is 0 Å². The van der Waals surface area contributed by atoms with Gasteiger partial charge in [-0.15, -0.1) is 0 Å². The molecule has 0 saturated carbocycles. The summed E-state index contributed by atoms with van der Waals surface area (Å²) in [5.74, 6) is 0.756. The first kappa shape index (κ1) is 12.9. The summed E-state index contributed by atoms with van der Waals surface area (Å²) in [5.41, 5.74) is 0. The van der Waals surface area contributed by atoms with Crippen LogP contribution >= 0.6 is 0 Å². The molecule has 0 aliphatic heterocycles. The first-order chi connectivity index (χ1) is 6.29. The third kappa shape index (κ3) is 5.27. The third-order valence-corrected chi connectivity index (χ3v) is 2.62. The van der Waals surface area contributed by atoms with Crippen molar-refractivity contribution < 1.29 is 4.74 Å². The largest absolute Gasteiger partial charge is 0.383 e. The van der Waals surface area contributed by atoms with Crippen LogP contribution in [-0.2, 0) is 4.74 Å². The molecule has 0 fully saturated rings. The first-order valence-electron chi connectivity index (χ1n) is 5.52. The van der Waals surface area contributed by atoms with Gasteiger partial charge in [0.1, 0.15) is 0 Å². The Kier molecular flexibility index (Phi) is 8.46. The minimum atomic E-state index is 0.542. The zero-order valence-corrected chi connectivity index (χ0v) is 9.60. The average molecular weight is 187 g/mol. The molecule has 0 aliphatic carbocycles. The molecular formula is C11H25NO. The monoisotopic (exact) mass is 187 g/mol. The smallest absolute Gasteiger partial charge is 0.0618 e. The quantitative estimate of drug-likeness (QED) is 0.630. The van der Waals surface area contributed by atoms with Crippen molar-refractivity contribution in [3.63, 3.8) is 0 Å². The van der Waals surface area contributed by atoms with Crippen LogP contribution in [0.3, 0.4) is 0 Å². The Morgan fingerprint density at radius 3 is 2.15 bits per heavy atom. The minimum absolute atomic E-state index is 0.542. The van der Waals surface area contributed by atoms with E-state index in [2.05, 4.69) is 26.1 Å². The lowest BCUT2D eigenvalue weighted by Crippen LogP contribution is -2.39. The molecule has 1 atom stereocenters. The molecule has 0 aliphatic rings. The summed E-state index contributed by atoms with van der Waals surface area (Å²) in [4.78, 5) is 0. The fourth-order valence-corrected chi connectivity index (χ4v) is 1.73. The molecule has 2 heteroatoms. The van der Waals surface area contributed by atoms with Gasteiger partial charge in [-0.25, -0.2) is 0 Å². The Hall–Kier alpha value is -0.0800. The highest BCUT2D eigenvalue weighted by molar-refractivity contribution is 4.74. The van der Waals surface area contributed by atoms with E-state index in [-0.39, 0.29) is 0 Å². The first-order valence-corrected chi connectivity index (χ1v) is 5.52. The maximum absolute atomic E-state index is 5.22. The van der Waals surface area contributed by atoms with Crippen LogP contribution in [-0.4, -0.2) is 26.3 Å². The summed E-state index contributed by atoms with van der Waals surface area (Å²) in [7, 11) is 1.78. The SMILES string of the molecule is CCCNC(COC)C(CC)CC. The summed E-state index contributed by atoms with van der Waals surface area (Å²) in [6, 6.07) is 0.542. The summed E-state index contributed by atoms with van der Waals surface area (Å²) in [6.07, 6.45) is 3.67. The maximum atomic E-state index is 5.22. The fourth-order valence-electron chi connectivity index (χ4n) is 1.73. The number of hydrogen-bond donors (Lipinski definition) is 1. The number of methoxy groups -OCH3 is 1. The van der Waals surface area contributed by atoms with Crippen LogP contribution in [0, 0.1) is 5.92 Å². The number of rotatable bonds is 8. The van der Waals surface area contributed by atoms with Gasteiger partial charge >= 0.3 is 0 Å². The lowest BCUT2D eigenvalue weighted by molar-refractivity contribution is 0.136. The Balaban J connectivity index is 3.88. The van der Waals surface area contributed by atoms with Gasteiger partial charge < -0.3 is 10.1 Å². The van der Waals surface area contributed by atoms with Gasteiger partial charge in [-0.3, -0.25) is 0 Å². The molecule has 0 bridgehead atoms. The van der Waals surface area contributed by atoms with Crippen LogP contribution < -0.4 is 5.32 Å². The summed E-state index contributed by atoms with van der Waals surface area (Å²) >= 11 is 0. The molecule has 0 radical (unpaired) electrons. The van der Waals surface area contributed by atoms with Gasteiger partial charge in [-0.1, -0.05) is 33.6 Å². The highest BCUT2D eigenvalue weighted by Gasteiger charge is 2.16. The second-order valence-electron chi connectivity index (χ2n) is 3.59. The van der Waals surface area contributed by atoms with E-state index in [0.29, 0.717) is 6.04 Å².